The van der Waals surface area contributed by atoms with Gasteiger partial charge in [-0.2, -0.15) is 0 Å². The first-order valence-corrected chi connectivity index (χ1v) is 7.41. The predicted octanol–water partition coefficient (Wildman–Crippen LogP) is 3.12. The van der Waals surface area contributed by atoms with Gasteiger partial charge in [0.25, 0.3) is 0 Å². The Morgan fingerprint density at radius 3 is 2.44 bits per heavy atom. The first-order valence-electron chi connectivity index (χ1n) is 7.41. The quantitative estimate of drug-likeness (QED) is 0.711. The molecule has 1 saturated carbocycles. The summed E-state index contributed by atoms with van der Waals surface area (Å²) in [5, 5.41) is 0. The molecule has 3 heteroatoms. The number of carbonyl (C=O) groups is 1. The third kappa shape index (κ3) is 3.98. The summed E-state index contributed by atoms with van der Waals surface area (Å²) < 4.78 is 5.29. The minimum Gasteiger partial charge on any atom is -0.466 e. The molecule has 0 aromatic carbocycles. The van der Waals surface area contributed by atoms with Crippen LogP contribution in [0.1, 0.15) is 59.3 Å². The Balaban J connectivity index is 2.78. The van der Waals surface area contributed by atoms with Gasteiger partial charge in [-0.3, -0.25) is 4.79 Å². The lowest BCUT2D eigenvalue weighted by Gasteiger charge is -2.34. The average molecular weight is 255 g/mol. The molecule has 18 heavy (non-hydrogen) atoms. The van der Waals surface area contributed by atoms with E-state index in [0.717, 1.165) is 12.8 Å². The zero-order valence-corrected chi connectivity index (χ0v) is 12.2. The van der Waals surface area contributed by atoms with Gasteiger partial charge in [0.1, 0.15) is 0 Å². The van der Waals surface area contributed by atoms with Crippen LogP contribution in [0.2, 0.25) is 0 Å². The molecule has 1 aliphatic rings. The summed E-state index contributed by atoms with van der Waals surface area (Å²) in [6, 6.07) is 0. The number of esters is 1. The van der Waals surface area contributed by atoms with Gasteiger partial charge in [0.2, 0.25) is 0 Å². The van der Waals surface area contributed by atoms with Crippen LogP contribution in [0.5, 0.6) is 0 Å². The van der Waals surface area contributed by atoms with E-state index in [-0.39, 0.29) is 5.97 Å². The highest BCUT2D eigenvalue weighted by molar-refractivity contribution is 5.77. The molecule has 0 saturated heterocycles. The van der Waals surface area contributed by atoms with Crippen molar-refractivity contribution < 1.29 is 9.53 Å². The molecule has 3 nitrogen and oxygen atoms in total. The molecule has 1 unspecified atom stereocenters. The van der Waals surface area contributed by atoms with Gasteiger partial charge in [-0.25, -0.2) is 0 Å². The minimum absolute atomic E-state index is 0.0758. The number of carbonyl (C=O) groups excluding carboxylic acids is 1. The number of rotatable bonds is 7. The van der Waals surface area contributed by atoms with E-state index in [2.05, 4.69) is 13.8 Å². The second kappa shape index (κ2) is 7.13. The molecule has 0 amide bonds. The molecule has 1 aliphatic carbocycles. The van der Waals surface area contributed by atoms with Crippen molar-refractivity contribution in [2.75, 3.05) is 13.2 Å². The average Bonchev–Trinajstić information content (AvgIpc) is 2.80. The number of hydrogen-bond acceptors (Lipinski definition) is 3. The van der Waals surface area contributed by atoms with Crippen LogP contribution in [0, 0.1) is 17.3 Å². The summed E-state index contributed by atoms with van der Waals surface area (Å²) in [6.07, 6.45) is 6.86. The summed E-state index contributed by atoms with van der Waals surface area (Å²) in [7, 11) is 0. The highest BCUT2D eigenvalue weighted by Crippen LogP contribution is 2.40. The van der Waals surface area contributed by atoms with Crippen molar-refractivity contribution in [3.8, 4) is 0 Å². The van der Waals surface area contributed by atoms with E-state index in [4.69, 9.17) is 10.5 Å². The second-order valence-corrected chi connectivity index (χ2v) is 6.16. The van der Waals surface area contributed by atoms with Crippen molar-refractivity contribution in [1.82, 2.24) is 0 Å². The summed E-state index contributed by atoms with van der Waals surface area (Å²) in [6.45, 7) is 7.03. The molecule has 0 bridgehead atoms. The van der Waals surface area contributed by atoms with Crippen LogP contribution in [0.25, 0.3) is 0 Å². The topological polar surface area (TPSA) is 52.3 Å². The Morgan fingerprint density at radius 1 is 1.39 bits per heavy atom. The maximum absolute atomic E-state index is 12.3. The van der Waals surface area contributed by atoms with Gasteiger partial charge in [0.05, 0.1) is 12.0 Å². The van der Waals surface area contributed by atoms with E-state index in [0.29, 0.717) is 25.0 Å². The minimum atomic E-state index is -0.445. The zero-order valence-electron chi connectivity index (χ0n) is 12.2. The standard InChI is InChI=1S/C15H29NO2/c1-4-18-14(17)15(11-16,9-12(2)3)10-13-7-5-6-8-13/h12-13H,4-11,16H2,1-3H3. The molecule has 0 radical (unpaired) electrons. The Labute approximate surface area is 111 Å². The van der Waals surface area contributed by atoms with Gasteiger partial charge in [0, 0.05) is 6.54 Å². The molecule has 0 spiro atoms. The normalized spacial score (nSPS) is 20.1. The van der Waals surface area contributed by atoms with E-state index in [1.165, 1.54) is 25.7 Å². The molecule has 0 heterocycles. The molecule has 1 fully saturated rings. The van der Waals surface area contributed by atoms with Crippen LogP contribution in [-0.2, 0) is 9.53 Å². The van der Waals surface area contributed by atoms with E-state index >= 15 is 0 Å². The number of hydrogen-bond donors (Lipinski definition) is 1. The monoisotopic (exact) mass is 255 g/mol. The molecule has 0 aliphatic heterocycles. The van der Waals surface area contributed by atoms with Crippen molar-refractivity contribution in [1.29, 1.82) is 0 Å². The summed E-state index contributed by atoms with van der Waals surface area (Å²) in [4.78, 5) is 12.3. The van der Waals surface area contributed by atoms with Crippen LogP contribution in [-0.4, -0.2) is 19.1 Å². The lowest BCUT2D eigenvalue weighted by molar-refractivity contribution is -0.157. The Morgan fingerprint density at radius 2 is 2.00 bits per heavy atom. The molecule has 1 atom stereocenters. The lowest BCUT2D eigenvalue weighted by Crippen LogP contribution is -2.42. The van der Waals surface area contributed by atoms with Crippen LogP contribution >= 0.6 is 0 Å². The Bertz CT molecular complexity index is 259. The summed E-state index contributed by atoms with van der Waals surface area (Å²) in [5.41, 5.74) is 5.52. The fourth-order valence-corrected chi connectivity index (χ4v) is 3.33. The first kappa shape index (κ1) is 15.5. The Hall–Kier alpha value is -0.570. The van der Waals surface area contributed by atoms with Gasteiger partial charge < -0.3 is 10.5 Å². The highest BCUT2D eigenvalue weighted by atomic mass is 16.5. The van der Waals surface area contributed by atoms with Crippen LogP contribution in [0.3, 0.4) is 0 Å². The largest absolute Gasteiger partial charge is 0.466 e. The van der Waals surface area contributed by atoms with Crippen LogP contribution in [0.15, 0.2) is 0 Å². The number of ether oxygens (including phenoxy) is 1. The zero-order chi connectivity index (χ0) is 13.6. The summed E-state index contributed by atoms with van der Waals surface area (Å²) in [5.74, 6) is 1.06. The molecular weight excluding hydrogens is 226 g/mol. The van der Waals surface area contributed by atoms with Gasteiger partial charge in [-0.15, -0.1) is 0 Å². The molecular formula is C15H29NO2. The SMILES string of the molecule is CCOC(=O)C(CN)(CC(C)C)CC1CCCC1. The van der Waals surface area contributed by atoms with Crippen molar-refractivity contribution in [2.24, 2.45) is 23.0 Å². The molecule has 0 aromatic heterocycles. The fraction of sp³-hybridized carbons (Fsp3) is 0.933. The van der Waals surface area contributed by atoms with Crippen molar-refractivity contribution in [3.05, 3.63) is 0 Å². The highest BCUT2D eigenvalue weighted by Gasteiger charge is 2.41. The van der Waals surface area contributed by atoms with E-state index in [9.17, 15) is 4.79 Å². The van der Waals surface area contributed by atoms with Gasteiger partial charge in [-0.1, -0.05) is 39.5 Å². The van der Waals surface area contributed by atoms with Gasteiger partial charge >= 0.3 is 5.97 Å². The van der Waals surface area contributed by atoms with E-state index < -0.39 is 5.41 Å². The fourth-order valence-electron chi connectivity index (χ4n) is 3.33. The molecule has 0 aromatic rings. The van der Waals surface area contributed by atoms with Crippen molar-refractivity contribution in [2.45, 2.75) is 59.3 Å². The second-order valence-electron chi connectivity index (χ2n) is 6.16. The maximum atomic E-state index is 12.3. The van der Waals surface area contributed by atoms with Crippen LogP contribution in [0.4, 0.5) is 0 Å². The number of nitrogens with two attached hydrogens (primary N) is 1. The van der Waals surface area contributed by atoms with Crippen molar-refractivity contribution in [3.63, 3.8) is 0 Å². The summed E-state index contributed by atoms with van der Waals surface area (Å²) >= 11 is 0. The first-order chi connectivity index (χ1) is 8.54. The molecule has 2 N–H and O–H groups in total. The van der Waals surface area contributed by atoms with E-state index in [1.54, 1.807) is 0 Å². The van der Waals surface area contributed by atoms with Gasteiger partial charge in [-0.05, 0) is 31.6 Å². The lowest BCUT2D eigenvalue weighted by atomic mass is 9.73. The third-order valence-electron chi connectivity index (χ3n) is 4.05. The Kier molecular flexibility index (Phi) is 6.13. The smallest absolute Gasteiger partial charge is 0.313 e. The van der Waals surface area contributed by atoms with Crippen molar-refractivity contribution >= 4 is 5.97 Å². The van der Waals surface area contributed by atoms with Gasteiger partial charge in [0.15, 0.2) is 0 Å². The van der Waals surface area contributed by atoms with Crippen LogP contribution < -0.4 is 5.73 Å². The third-order valence-corrected chi connectivity index (χ3v) is 4.05. The predicted molar refractivity (Wildman–Crippen MR) is 74.2 cm³/mol. The maximum Gasteiger partial charge on any atom is 0.313 e. The van der Waals surface area contributed by atoms with E-state index in [1.807, 2.05) is 6.92 Å². The molecule has 1 rings (SSSR count). The molecule has 106 valence electrons.